The third-order valence-corrected chi connectivity index (χ3v) is 1.81. The van der Waals surface area contributed by atoms with Gasteiger partial charge in [-0.1, -0.05) is 6.07 Å². The fourth-order valence-corrected chi connectivity index (χ4v) is 1.12. The zero-order valence-corrected chi connectivity index (χ0v) is 9.01. The maximum atomic E-state index is 9.56. The first-order valence-corrected chi connectivity index (χ1v) is 4.64. The topological polar surface area (TPSA) is 82.7 Å². The number of phenols is 1. The highest BCUT2D eigenvalue weighted by atomic mass is 32.1. The van der Waals surface area contributed by atoms with Gasteiger partial charge in [0.15, 0.2) is 5.11 Å². The highest BCUT2D eigenvalue weighted by molar-refractivity contribution is 7.80. The summed E-state index contributed by atoms with van der Waals surface area (Å²) in [6.45, 7) is 0. The van der Waals surface area contributed by atoms with Crippen LogP contribution in [0.3, 0.4) is 0 Å². The molecule has 0 aliphatic carbocycles. The molecule has 0 saturated heterocycles. The van der Waals surface area contributed by atoms with Crippen molar-refractivity contribution in [2.24, 2.45) is 10.8 Å². The first kappa shape index (κ1) is 11.3. The van der Waals surface area contributed by atoms with Gasteiger partial charge in [-0.3, -0.25) is 5.43 Å². The van der Waals surface area contributed by atoms with Crippen molar-refractivity contribution in [3.05, 3.63) is 23.8 Å². The number of anilines is 1. The zero-order chi connectivity index (χ0) is 11.3. The van der Waals surface area contributed by atoms with Crippen LogP contribution in [0, 0.1) is 0 Å². The molecule has 0 saturated carbocycles. The maximum absolute atomic E-state index is 9.56. The standard InChI is InChI=1S/C9H12N4OS/c1-11-7-3-2-4-8(14)6(7)5-12-13-9(10)15/h2-5,11,14H,1H3,(H3,10,13,15). The summed E-state index contributed by atoms with van der Waals surface area (Å²) in [5.74, 6) is 0.135. The van der Waals surface area contributed by atoms with Gasteiger partial charge in [-0.25, -0.2) is 0 Å². The van der Waals surface area contributed by atoms with Crippen LogP contribution in [0.15, 0.2) is 23.3 Å². The Morgan fingerprint density at radius 2 is 2.33 bits per heavy atom. The molecular formula is C9H12N4OS. The number of aromatic hydroxyl groups is 1. The monoisotopic (exact) mass is 224 g/mol. The molecule has 15 heavy (non-hydrogen) atoms. The molecular weight excluding hydrogens is 212 g/mol. The highest BCUT2D eigenvalue weighted by Crippen LogP contribution is 2.22. The largest absolute Gasteiger partial charge is 0.507 e. The van der Waals surface area contributed by atoms with E-state index in [0.717, 1.165) is 5.69 Å². The summed E-state index contributed by atoms with van der Waals surface area (Å²) in [6.07, 6.45) is 1.44. The Bertz CT molecular complexity index is 392. The summed E-state index contributed by atoms with van der Waals surface area (Å²) in [7, 11) is 1.76. The third-order valence-electron chi connectivity index (χ3n) is 1.72. The van der Waals surface area contributed by atoms with Gasteiger partial charge in [0, 0.05) is 12.7 Å². The number of rotatable bonds is 3. The zero-order valence-electron chi connectivity index (χ0n) is 8.19. The first-order valence-electron chi connectivity index (χ1n) is 4.23. The van der Waals surface area contributed by atoms with E-state index in [1.54, 1.807) is 19.2 Å². The second kappa shape index (κ2) is 5.16. The van der Waals surface area contributed by atoms with Crippen molar-refractivity contribution in [2.75, 3.05) is 12.4 Å². The fourth-order valence-electron chi connectivity index (χ4n) is 1.07. The van der Waals surface area contributed by atoms with Gasteiger partial charge in [-0.2, -0.15) is 5.10 Å². The fraction of sp³-hybridized carbons (Fsp3) is 0.111. The van der Waals surface area contributed by atoms with Crippen LogP contribution in [0.1, 0.15) is 5.56 Å². The van der Waals surface area contributed by atoms with Gasteiger partial charge in [-0.15, -0.1) is 0 Å². The molecule has 0 atom stereocenters. The van der Waals surface area contributed by atoms with E-state index >= 15 is 0 Å². The molecule has 0 bridgehead atoms. The van der Waals surface area contributed by atoms with Crippen LogP contribution in [0.2, 0.25) is 0 Å². The second-order valence-electron chi connectivity index (χ2n) is 2.72. The van der Waals surface area contributed by atoms with Crippen molar-refractivity contribution in [1.29, 1.82) is 0 Å². The van der Waals surface area contributed by atoms with Gasteiger partial charge in [0.25, 0.3) is 0 Å². The van der Waals surface area contributed by atoms with E-state index in [1.807, 2.05) is 6.07 Å². The summed E-state index contributed by atoms with van der Waals surface area (Å²) in [6, 6.07) is 5.13. The van der Waals surface area contributed by atoms with Gasteiger partial charge in [0.1, 0.15) is 5.75 Å². The number of nitrogens with two attached hydrogens (primary N) is 1. The predicted octanol–water partition coefficient (Wildman–Crippen LogP) is 0.601. The van der Waals surface area contributed by atoms with Crippen LogP contribution >= 0.6 is 12.2 Å². The molecule has 0 aromatic heterocycles. The molecule has 5 nitrogen and oxygen atoms in total. The highest BCUT2D eigenvalue weighted by Gasteiger charge is 2.02. The van der Waals surface area contributed by atoms with Crippen LogP contribution < -0.4 is 16.5 Å². The van der Waals surface area contributed by atoms with E-state index in [1.165, 1.54) is 6.21 Å². The summed E-state index contributed by atoms with van der Waals surface area (Å²) in [4.78, 5) is 0. The van der Waals surface area contributed by atoms with Gasteiger partial charge in [-0.05, 0) is 24.4 Å². The molecule has 6 heteroatoms. The van der Waals surface area contributed by atoms with Gasteiger partial charge < -0.3 is 16.2 Å². The van der Waals surface area contributed by atoms with Gasteiger partial charge >= 0.3 is 0 Å². The van der Waals surface area contributed by atoms with Crippen molar-refractivity contribution in [3.8, 4) is 5.75 Å². The second-order valence-corrected chi connectivity index (χ2v) is 3.16. The minimum Gasteiger partial charge on any atom is -0.507 e. The lowest BCUT2D eigenvalue weighted by molar-refractivity contribution is 0.474. The molecule has 1 aromatic carbocycles. The van der Waals surface area contributed by atoms with E-state index in [2.05, 4.69) is 28.1 Å². The smallest absolute Gasteiger partial charge is 0.184 e. The molecule has 1 aromatic rings. The van der Waals surface area contributed by atoms with Crippen molar-refractivity contribution in [2.45, 2.75) is 0 Å². The molecule has 5 N–H and O–H groups in total. The number of nitrogens with zero attached hydrogens (tertiary/aromatic N) is 1. The van der Waals surface area contributed by atoms with Crippen molar-refractivity contribution in [3.63, 3.8) is 0 Å². The maximum Gasteiger partial charge on any atom is 0.184 e. The molecule has 0 fully saturated rings. The van der Waals surface area contributed by atoms with Crippen LogP contribution in [0.5, 0.6) is 5.75 Å². The van der Waals surface area contributed by atoms with Gasteiger partial charge in [0.05, 0.1) is 11.8 Å². The average Bonchev–Trinajstić information content (AvgIpc) is 2.20. The number of hydrogen-bond donors (Lipinski definition) is 4. The average molecular weight is 224 g/mol. The number of phenolic OH excluding ortho intramolecular Hbond substituents is 1. The lowest BCUT2D eigenvalue weighted by atomic mass is 10.2. The lowest BCUT2D eigenvalue weighted by Crippen LogP contribution is -2.24. The predicted molar refractivity (Wildman–Crippen MR) is 65.2 cm³/mol. The molecule has 0 aliphatic rings. The number of nitrogens with one attached hydrogen (secondary N) is 2. The Labute approximate surface area is 93.0 Å². The number of thiocarbonyl (C=S) groups is 1. The van der Waals surface area contributed by atoms with Crippen molar-refractivity contribution < 1.29 is 5.11 Å². The molecule has 80 valence electrons. The normalized spacial score (nSPS) is 10.2. The summed E-state index contributed by atoms with van der Waals surface area (Å²) in [5.41, 5.74) is 8.95. The van der Waals surface area contributed by atoms with E-state index < -0.39 is 0 Å². The van der Waals surface area contributed by atoms with E-state index in [0.29, 0.717) is 5.56 Å². The van der Waals surface area contributed by atoms with E-state index in [9.17, 15) is 5.11 Å². The SMILES string of the molecule is CNc1cccc(O)c1C=NNC(N)=S. The molecule has 0 unspecified atom stereocenters. The number of benzene rings is 1. The Morgan fingerprint density at radius 1 is 1.60 bits per heavy atom. The molecule has 0 heterocycles. The Kier molecular flexibility index (Phi) is 3.87. The summed E-state index contributed by atoms with van der Waals surface area (Å²) in [5, 5.41) is 16.3. The molecule has 0 radical (unpaired) electrons. The molecule has 0 aliphatic heterocycles. The minimum atomic E-state index is 0.0766. The van der Waals surface area contributed by atoms with Crippen LogP contribution in [-0.4, -0.2) is 23.5 Å². The lowest BCUT2D eigenvalue weighted by Gasteiger charge is -2.06. The Morgan fingerprint density at radius 3 is 2.93 bits per heavy atom. The summed E-state index contributed by atoms with van der Waals surface area (Å²) < 4.78 is 0. The quantitative estimate of drug-likeness (QED) is 0.343. The Hall–Kier alpha value is -1.82. The van der Waals surface area contributed by atoms with Crippen LogP contribution in [0.25, 0.3) is 0 Å². The summed E-state index contributed by atoms with van der Waals surface area (Å²) >= 11 is 4.58. The molecule has 0 amide bonds. The van der Waals surface area contributed by atoms with Crippen LogP contribution in [0.4, 0.5) is 5.69 Å². The van der Waals surface area contributed by atoms with E-state index in [4.69, 9.17) is 5.73 Å². The number of hydrazone groups is 1. The molecule has 0 spiro atoms. The van der Waals surface area contributed by atoms with Crippen LogP contribution in [-0.2, 0) is 0 Å². The minimum absolute atomic E-state index is 0.0766. The third kappa shape index (κ3) is 3.10. The first-order chi connectivity index (χ1) is 7.15. The van der Waals surface area contributed by atoms with Gasteiger partial charge in [0.2, 0.25) is 0 Å². The van der Waals surface area contributed by atoms with Crippen molar-refractivity contribution in [1.82, 2.24) is 5.43 Å². The number of hydrogen-bond acceptors (Lipinski definition) is 4. The van der Waals surface area contributed by atoms with Crippen molar-refractivity contribution >= 4 is 29.2 Å². The Balaban J connectivity index is 2.92. The van der Waals surface area contributed by atoms with E-state index in [-0.39, 0.29) is 10.9 Å². The molecule has 1 rings (SSSR count).